The Morgan fingerprint density at radius 2 is 2.05 bits per heavy atom. The van der Waals surface area contributed by atoms with Crippen molar-refractivity contribution in [3.8, 4) is 0 Å². The third kappa shape index (κ3) is 3.94. The van der Waals surface area contributed by atoms with Crippen molar-refractivity contribution >= 4 is 17.3 Å². The summed E-state index contributed by atoms with van der Waals surface area (Å²) in [5.74, 6) is -0.0171. The molecule has 0 aliphatic rings. The molecule has 1 amide bonds. The summed E-state index contributed by atoms with van der Waals surface area (Å²) >= 11 is 0. The molecule has 0 saturated carbocycles. The van der Waals surface area contributed by atoms with Gasteiger partial charge >= 0.3 is 0 Å². The second-order valence-electron chi connectivity index (χ2n) is 4.18. The lowest BCUT2D eigenvalue weighted by molar-refractivity contribution is -0.384. The molecule has 0 spiro atoms. The number of carbonyl (C=O) groups is 1. The number of benzene rings is 1. The van der Waals surface area contributed by atoms with Gasteiger partial charge in [0.15, 0.2) is 0 Å². The number of rotatable bonds is 6. The van der Waals surface area contributed by atoms with Crippen molar-refractivity contribution in [2.45, 2.75) is 26.8 Å². The Bertz CT molecular complexity index is 458. The fraction of sp³-hybridized carbons (Fsp3) is 0.462. The predicted molar refractivity (Wildman–Crippen MR) is 74.1 cm³/mol. The van der Waals surface area contributed by atoms with Crippen molar-refractivity contribution in [2.75, 3.05) is 18.4 Å². The molecule has 6 nitrogen and oxygen atoms in total. The normalized spacial score (nSPS) is 11.7. The molecule has 1 aromatic rings. The molecule has 0 fully saturated rings. The number of nitro groups is 1. The van der Waals surface area contributed by atoms with Crippen LogP contribution in [-0.4, -0.2) is 34.9 Å². The van der Waals surface area contributed by atoms with Crippen molar-refractivity contribution in [3.63, 3.8) is 0 Å². The number of hydrogen-bond acceptors (Lipinski definition) is 4. The number of anilines is 1. The summed E-state index contributed by atoms with van der Waals surface area (Å²) in [5.41, 5.74) is 0.578. The van der Waals surface area contributed by atoms with Gasteiger partial charge in [0, 0.05) is 30.9 Å². The number of nitro benzene ring substituents is 1. The Kier molecular flexibility index (Phi) is 5.29. The van der Waals surface area contributed by atoms with E-state index in [9.17, 15) is 14.9 Å². The highest BCUT2D eigenvalue weighted by Crippen LogP contribution is 2.18. The zero-order valence-corrected chi connectivity index (χ0v) is 11.4. The monoisotopic (exact) mass is 265 g/mol. The SMILES string of the molecule is CCN(CC)C(=O)C(C)Nc1cccc([N+](=O)[O-])c1. The maximum atomic E-state index is 12.1. The highest BCUT2D eigenvalue weighted by atomic mass is 16.6. The Hall–Kier alpha value is -2.11. The van der Waals surface area contributed by atoms with E-state index in [1.54, 1.807) is 24.0 Å². The molecule has 0 aliphatic heterocycles. The minimum absolute atomic E-state index is 0.00693. The molecule has 1 atom stereocenters. The first-order chi connectivity index (χ1) is 8.99. The standard InChI is InChI=1S/C13H19N3O3/c1-4-15(5-2)13(17)10(3)14-11-7-6-8-12(9-11)16(18)19/h6-10,14H,4-5H2,1-3H3. The summed E-state index contributed by atoms with van der Waals surface area (Å²) in [4.78, 5) is 24.0. The predicted octanol–water partition coefficient (Wildman–Crippen LogP) is 2.26. The van der Waals surface area contributed by atoms with Gasteiger partial charge in [0.1, 0.15) is 6.04 Å². The minimum atomic E-state index is -0.456. The number of carbonyl (C=O) groups excluding carboxylic acids is 1. The third-order valence-corrected chi connectivity index (χ3v) is 2.89. The lowest BCUT2D eigenvalue weighted by Gasteiger charge is -2.24. The maximum absolute atomic E-state index is 12.1. The van der Waals surface area contributed by atoms with E-state index < -0.39 is 11.0 Å². The van der Waals surface area contributed by atoms with Gasteiger partial charge in [0.25, 0.3) is 5.69 Å². The van der Waals surface area contributed by atoms with Crippen LogP contribution in [0.3, 0.4) is 0 Å². The Labute approximate surface area is 112 Å². The second-order valence-corrected chi connectivity index (χ2v) is 4.18. The number of non-ortho nitro benzene ring substituents is 1. The molecule has 19 heavy (non-hydrogen) atoms. The molecule has 0 radical (unpaired) electrons. The average Bonchev–Trinajstić information content (AvgIpc) is 2.40. The van der Waals surface area contributed by atoms with Crippen LogP contribution in [0, 0.1) is 10.1 Å². The van der Waals surface area contributed by atoms with Crippen molar-refractivity contribution in [3.05, 3.63) is 34.4 Å². The molecule has 6 heteroatoms. The lowest BCUT2D eigenvalue weighted by atomic mass is 10.2. The van der Waals surface area contributed by atoms with Gasteiger partial charge in [0.05, 0.1) is 4.92 Å². The largest absolute Gasteiger partial charge is 0.374 e. The highest BCUT2D eigenvalue weighted by Gasteiger charge is 2.18. The van der Waals surface area contributed by atoms with Crippen LogP contribution in [0.1, 0.15) is 20.8 Å². The van der Waals surface area contributed by atoms with Crippen molar-refractivity contribution < 1.29 is 9.72 Å². The summed E-state index contributed by atoms with van der Waals surface area (Å²) in [7, 11) is 0. The van der Waals surface area contributed by atoms with Gasteiger partial charge in [0.2, 0.25) is 5.91 Å². The van der Waals surface area contributed by atoms with E-state index in [2.05, 4.69) is 5.32 Å². The molecule has 0 bridgehead atoms. The fourth-order valence-electron chi connectivity index (χ4n) is 1.83. The molecule has 0 heterocycles. The first-order valence-electron chi connectivity index (χ1n) is 6.29. The van der Waals surface area contributed by atoms with Crippen LogP contribution in [0.15, 0.2) is 24.3 Å². The first-order valence-corrected chi connectivity index (χ1v) is 6.29. The quantitative estimate of drug-likeness (QED) is 0.632. The van der Waals surface area contributed by atoms with E-state index in [1.807, 2.05) is 13.8 Å². The van der Waals surface area contributed by atoms with Gasteiger partial charge in [-0.1, -0.05) is 6.07 Å². The van der Waals surface area contributed by atoms with Crippen molar-refractivity contribution in [2.24, 2.45) is 0 Å². The maximum Gasteiger partial charge on any atom is 0.271 e. The topological polar surface area (TPSA) is 75.5 Å². The van der Waals surface area contributed by atoms with Gasteiger partial charge in [-0.3, -0.25) is 14.9 Å². The van der Waals surface area contributed by atoms with Gasteiger partial charge in [-0.05, 0) is 26.8 Å². The van der Waals surface area contributed by atoms with Crippen molar-refractivity contribution in [1.29, 1.82) is 0 Å². The van der Waals surface area contributed by atoms with E-state index >= 15 is 0 Å². The molecule has 0 saturated heterocycles. The van der Waals surface area contributed by atoms with E-state index in [0.717, 1.165) is 0 Å². The molecular weight excluding hydrogens is 246 g/mol. The number of hydrogen-bond donors (Lipinski definition) is 1. The number of nitrogens with zero attached hydrogens (tertiary/aromatic N) is 2. The molecule has 0 aliphatic carbocycles. The van der Waals surface area contributed by atoms with Gasteiger partial charge in [-0.2, -0.15) is 0 Å². The zero-order valence-electron chi connectivity index (χ0n) is 11.4. The molecule has 1 unspecified atom stereocenters. The van der Waals surface area contributed by atoms with Crippen LogP contribution in [0.4, 0.5) is 11.4 Å². The Morgan fingerprint density at radius 3 is 2.58 bits per heavy atom. The van der Waals surface area contributed by atoms with Crippen LogP contribution in [-0.2, 0) is 4.79 Å². The average molecular weight is 265 g/mol. The summed E-state index contributed by atoms with van der Waals surface area (Å²) < 4.78 is 0. The summed E-state index contributed by atoms with van der Waals surface area (Å²) in [6, 6.07) is 5.73. The van der Waals surface area contributed by atoms with E-state index in [1.165, 1.54) is 12.1 Å². The van der Waals surface area contributed by atoms with Crippen molar-refractivity contribution in [1.82, 2.24) is 4.90 Å². The summed E-state index contributed by atoms with van der Waals surface area (Å²) in [6.07, 6.45) is 0. The van der Waals surface area contributed by atoms with Crippen LogP contribution in [0.5, 0.6) is 0 Å². The molecule has 0 aromatic heterocycles. The first kappa shape index (κ1) is 14.9. The van der Waals surface area contributed by atoms with Gasteiger partial charge in [-0.25, -0.2) is 0 Å². The fourth-order valence-corrected chi connectivity index (χ4v) is 1.83. The number of likely N-dealkylation sites (N-methyl/N-ethyl adjacent to an activating group) is 1. The van der Waals surface area contributed by atoms with Crippen LogP contribution in [0.2, 0.25) is 0 Å². The molecule has 1 aromatic carbocycles. The Morgan fingerprint density at radius 1 is 1.42 bits per heavy atom. The van der Waals surface area contributed by atoms with Crippen LogP contribution < -0.4 is 5.32 Å². The highest BCUT2D eigenvalue weighted by molar-refractivity contribution is 5.84. The van der Waals surface area contributed by atoms with Gasteiger partial charge in [-0.15, -0.1) is 0 Å². The summed E-state index contributed by atoms with van der Waals surface area (Å²) in [5, 5.41) is 13.7. The second kappa shape index (κ2) is 6.72. The van der Waals surface area contributed by atoms with Gasteiger partial charge < -0.3 is 10.2 Å². The number of nitrogens with one attached hydrogen (secondary N) is 1. The smallest absolute Gasteiger partial charge is 0.271 e. The third-order valence-electron chi connectivity index (χ3n) is 2.89. The van der Waals surface area contributed by atoms with Crippen LogP contribution >= 0.6 is 0 Å². The van der Waals surface area contributed by atoms with E-state index in [-0.39, 0.29) is 11.6 Å². The molecular formula is C13H19N3O3. The summed E-state index contributed by atoms with van der Waals surface area (Å²) in [6.45, 7) is 6.88. The molecule has 104 valence electrons. The minimum Gasteiger partial charge on any atom is -0.374 e. The number of amides is 1. The Balaban J connectivity index is 2.76. The zero-order chi connectivity index (χ0) is 14.4. The van der Waals surface area contributed by atoms with Crippen LogP contribution in [0.25, 0.3) is 0 Å². The van der Waals surface area contributed by atoms with E-state index in [0.29, 0.717) is 18.8 Å². The van der Waals surface area contributed by atoms with E-state index in [4.69, 9.17) is 0 Å². The molecule has 1 rings (SSSR count). The molecule has 1 N–H and O–H groups in total. The lowest BCUT2D eigenvalue weighted by Crippen LogP contribution is -2.41.